The zero-order valence-electron chi connectivity index (χ0n) is 2.69. The molecule has 0 atom stereocenters. The average Bonchev–Trinajstić information content (AvgIpc) is 1.37. The van der Waals surface area contributed by atoms with E-state index in [9.17, 15) is 3.80 Å². The quantitative estimate of drug-likeness (QED) is 0.346. The van der Waals surface area contributed by atoms with Crippen LogP contribution in [-0.4, -0.2) is 39.0 Å². The van der Waals surface area contributed by atoms with Crippen LogP contribution in [0.1, 0.15) is 0 Å². The van der Waals surface area contributed by atoms with E-state index in [1.54, 1.807) is 0 Å². The Balaban J connectivity index is 2.30. The predicted octanol–water partition coefficient (Wildman–Crippen LogP) is -2.06. The standard InChI is InChI=1S/3Al.O.3H. The zero-order valence-corrected chi connectivity index (χ0v) is 7.26. The molecule has 0 unspecified atom stereocenters. The van der Waals surface area contributed by atoms with Gasteiger partial charge in [0.2, 0.25) is 0 Å². The first kappa shape index (κ1) is 5.40. The van der Waals surface area contributed by atoms with Crippen LogP contribution in [0.15, 0.2) is 0 Å². The van der Waals surface area contributed by atoms with Crippen molar-refractivity contribution in [2.45, 2.75) is 0 Å². The minimum absolute atomic E-state index is 0.0910. The van der Waals surface area contributed by atoms with Crippen molar-refractivity contribution < 1.29 is 3.80 Å². The van der Waals surface area contributed by atoms with Crippen molar-refractivity contribution in [3.05, 3.63) is 0 Å². The van der Waals surface area contributed by atoms with Crippen molar-refractivity contribution in [3.8, 4) is 0 Å². The monoisotopic (exact) mass is 100.0 g/mol. The number of hydrogen-bond acceptors (Lipinski definition) is 1. The van der Waals surface area contributed by atoms with E-state index in [0.717, 1.165) is 0 Å². The van der Waals surface area contributed by atoms with Gasteiger partial charge >= 0.3 is 42.9 Å². The van der Waals surface area contributed by atoms with Crippen LogP contribution in [0.3, 0.4) is 0 Å². The summed E-state index contributed by atoms with van der Waals surface area (Å²) < 4.78 is 9.48. The fraction of sp³-hybridized carbons (Fsp3) is 0. The molecular formula is H3Al3O. The minimum atomic E-state index is -0.267. The van der Waals surface area contributed by atoms with Gasteiger partial charge in [0.1, 0.15) is 0 Å². The van der Waals surface area contributed by atoms with Crippen molar-refractivity contribution in [3.63, 3.8) is 0 Å². The molecule has 0 spiro atoms. The van der Waals surface area contributed by atoms with Gasteiger partial charge in [0.25, 0.3) is 0 Å². The summed E-state index contributed by atoms with van der Waals surface area (Å²) in [5.41, 5.74) is 0. The predicted molar refractivity (Wildman–Crippen MR) is 22.1 cm³/mol. The van der Waals surface area contributed by atoms with E-state index < -0.39 is 0 Å². The van der Waals surface area contributed by atoms with Gasteiger partial charge in [-0.25, -0.2) is 0 Å². The van der Waals surface area contributed by atoms with Crippen molar-refractivity contribution in [2.24, 2.45) is 0 Å². The average molecular weight is 100.0 g/mol. The molecule has 0 aromatic heterocycles. The first-order valence-electron chi connectivity index (χ1n) is 1.35. The second kappa shape index (κ2) is 4.40. The summed E-state index contributed by atoms with van der Waals surface area (Å²) in [4.78, 5) is 0. The fourth-order valence-corrected chi connectivity index (χ4v) is 0. The van der Waals surface area contributed by atoms with E-state index in [4.69, 9.17) is 0 Å². The van der Waals surface area contributed by atoms with Crippen LogP contribution in [0, 0.1) is 0 Å². The first-order valence-corrected chi connectivity index (χ1v) is 10.7. The van der Waals surface area contributed by atoms with E-state index >= 15 is 0 Å². The third kappa shape index (κ3) is 3.40. The third-order valence-corrected chi connectivity index (χ3v) is 4.50. The molecule has 0 aliphatic rings. The maximum absolute atomic E-state index is 9.48. The number of rotatable bonds is 1. The summed E-state index contributed by atoms with van der Waals surface area (Å²) in [6.45, 7) is 0. The Hall–Kier alpha value is 1.40. The Morgan fingerprint density at radius 2 is 2.25 bits per heavy atom. The molecule has 0 aliphatic heterocycles. The van der Waals surface area contributed by atoms with Gasteiger partial charge in [-0.15, -0.1) is 0 Å². The summed E-state index contributed by atoms with van der Waals surface area (Å²) in [5, 5.41) is 0. The molecule has 0 aromatic carbocycles. The van der Waals surface area contributed by atoms with Gasteiger partial charge < -0.3 is 0 Å². The van der Waals surface area contributed by atoms with Crippen LogP contribution in [-0.2, 0) is 3.80 Å². The Bertz CT molecular complexity index is 17.2. The van der Waals surface area contributed by atoms with Crippen molar-refractivity contribution in [1.82, 2.24) is 0 Å². The molecular weight excluding hydrogens is 96.9 g/mol. The molecule has 0 rings (SSSR count). The van der Waals surface area contributed by atoms with Crippen LogP contribution >= 0.6 is 0 Å². The molecule has 0 fully saturated rings. The molecule has 18 valence electrons. The summed E-state index contributed by atoms with van der Waals surface area (Å²) in [5.74, 6) is 0. The summed E-state index contributed by atoms with van der Waals surface area (Å²) in [6.07, 6.45) is 0. The molecule has 4 heavy (non-hydrogen) atoms. The summed E-state index contributed by atoms with van der Waals surface area (Å²) in [6, 6.07) is 0. The molecule has 0 heterocycles. The van der Waals surface area contributed by atoms with E-state index in [0.29, 0.717) is 0 Å². The molecule has 1 nitrogen and oxygen atoms in total. The zero-order chi connectivity index (χ0) is 3.41. The third-order valence-electron chi connectivity index (χ3n) is 0.167. The van der Waals surface area contributed by atoms with Crippen LogP contribution in [0.5, 0.6) is 0 Å². The first-order chi connectivity index (χ1) is 1.91. The molecule has 0 aliphatic carbocycles. The molecule has 0 saturated heterocycles. The van der Waals surface area contributed by atoms with Gasteiger partial charge in [0.15, 0.2) is 0 Å². The van der Waals surface area contributed by atoms with E-state index in [-0.39, 0.29) is 24.7 Å². The second-order valence-electron chi connectivity index (χ2n) is 0.575. The summed E-state index contributed by atoms with van der Waals surface area (Å²) in [7, 11) is 0. The Labute approximate surface area is 42.8 Å². The molecule has 4 heteroatoms. The normalized spacial score (nSPS) is 4.00. The molecule has 0 radical (unpaired) electrons. The summed E-state index contributed by atoms with van der Waals surface area (Å²) >= 11 is 1.08. The Morgan fingerprint density at radius 3 is 2.25 bits per heavy atom. The van der Waals surface area contributed by atoms with E-state index in [1.165, 1.54) is 14.4 Å². The number of hydrogen-bond donors (Lipinski definition) is 0. The molecule has 0 N–H and O–H groups in total. The maximum atomic E-state index is 9.48. The van der Waals surface area contributed by atoms with Gasteiger partial charge in [-0.1, -0.05) is 0 Å². The van der Waals surface area contributed by atoms with E-state index in [2.05, 4.69) is 0 Å². The van der Waals surface area contributed by atoms with Gasteiger partial charge in [-0.05, 0) is 0 Å². The molecule has 0 bridgehead atoms. The van der Waals surface area contributed by atoms with Gasteiger partial charge in [0.05, 0.1) is 0 Å². The topological polar surface area (TPSA) is 17.1 Å². The fourth-order valence-electron chi connectivity index (χ4n) is 0. The van der Waals surface area contributed by atoms with Gasteiger partial charge in [0, 0.05) is 0 Å². The SMILES string of the molecule is [O]=[Al][AlH][AlH2]. The van der Waals surface area contributed by atoms with Crippen molar-refractivity contribution >= 4 is 39.0 Å². The molecule has 0 aromatic rings. The van der Waals surface area contributed by atoms with Gasteiger partial charge in [-0.3, -0.25) is 0 Å². The van der Waals surface area contributed by atoms with Crippen molar-refractivity contribution in [1.29, 1.82) is 0 Å². The van der Waals surface area contributed by atoms with E-state index in [1.807, 2.05) is 0 Å². The Kier molecular flexibility index (Phi) is 5.93. The van der Waals surface area contributed by atoms with Crippen LogP contribution in [0.2, 0.25) is 0 Å². The van der Waals surface area contributed by atoms with Crippen LogP contribution in [0.25, 0.3) is 0 Å². The molecule has 0 amide bonds. The van der Waals surface area contributed by atoms with Crippen molar-refractivity contribution in [2.75, 3.05) is 0 Å². The van der Waals surface area contributed by atoms with Gasteiger partial charge in [-0.2, -0.15) is 0 Å². The van der Waals surface area contributed by atoms with Crippen LogP contribution in [0.4, 0.5) is 0 Å². The van der Waals surface area contributed by atoms with Crippen LogP contribution < -0.4 is 0 Å². The Morgan fingerprint density at radius 1 is 2.00 bits per heavy atom. The molecule has 0 saturated carbocycles. The second-order valence-corrected chi connectivity index (χ2v) is 12.5.